The molecular formula is C24H20FNO5. The standard InChI is InChI=1S/C24H20FNO5/c1-29-24(28)22-21(19-11-8-17(27)12-20(19)31-23(22)26)15-4-9-18(10-5-15)30-13-14-2-6-16(25)7-3-14/h2-12,21,27H,13,26H2,1H3/t21-/m1/s1. The number of rotatable bonds is 5. The van der Waals surface area contributed by atoms with Gasteiger partial charge in [0.2, 0.25) is 5.88 Å². The van der Waals surface area contributed by atoms with Crippen molar-refractivity contribution >= 4 is 5.97 Å². The first-order valence-corrected chi connectivity index (χ1v) is 9.52. The van der Waals surface area contributed by atoms with Crippen molar-refractivity contribution < 1.29 is 28.5 Å². The summed E-state index contributed by atoms with van der Waals surface area (Å²) in [5, 5.41) is 9.79. The molecule has 0 spiro atoms. The van der Waals surface area contributed by atoms with Crippen LogP contribution < -0.4 is 15.2 Å². The summed E-state index contributed by atoms with van der Waals surface area (Å²) in [6, 6.07) is 17.9. The van der Waals surface area contributed by atoms with E-state index in [1.54, 1.807) is 30.3 Å². The van der Waals surface area contributed by atoms with Crippen molar-refractivity contribution in [2.75, 3.05) is 7.11 Å². The molecule has 0 unspecified atom stereocenters. The van der Waals surface area contributed by atoms with Crippen LogP contribution in [0.1, 0.15) is 22.6 Å². The first-order chi connectivity index (χ1) is 15.0. The van der Waals surface area contributed by atoms with Crippen LogP contribution in [0.2, 0.25) is 0 Å². The molecule has 0 fully saturated rings. The fraction of sp³-hybridized carbons (Fsp3) is 0.125. The zero-order chi connectivity index (χ0) is 22.0. The van der Waals surface area contributed by atoms with Gasteiger partial charge in [-0.2, -0.15) is 0 Å². The fourth-order valence-electron chi connectivity index (χ4n) is 3.50. The Morgan fingerprint density at radius 2 is 1.81 bits per heavy atom. The number of esters is 1. The molecule has 3 aromatic carbocycles. The predicted molar refractivity (Wildman–Crippen MR) is 111 cm³/mol. The minimum Gasteiger partial charge on any atom is -0.508 e. The van der Waals surface area contributed by atoms with Crippen molar-refractivity contribution in [1.29, 1.82) is 0 Å². The van der Waals surface area contributed by atoms with Gasteiger partial charge < -0.3 is 25.1 Å². The fourth-order valence-corrected chi connectivity index (χ4v) is 3.50. The Kier molecular flexibility index (Phi) is 5.49. The van der Waals surface area contributed by atoms with Gasteiger partial charge >= 0.3 is 5.97 Å². The van der Waals surface area contributed by atoms with Gasteiger partial charge in [0, 0.05) is 11.6 Å². The van der Waals surface area contributed by atoms with Gasteiger partial charge in [0.1, 0.15) is 35.2 Å². The number of hydrogen-bond acceptors (Lipinski definition) is 6. The lowest BCUT2D eigenvalue weighted by Crippen LogP contribution is -2.26. The van der Waals surface area contributed by atoms with Crippen LogP contribution in [-0.4, -0.2) is 18.2 Å². The van der Waals surface area contributed by atoms with Crippen molar-refractivity contribution in [3.05, 3.63) is 101 Å². The number of ether oxygens (including phenoxy) is 3. The van der Waals surface area contributed by atoms with Gasteiger partial charge in [0.05, 0.1) is 13.0 Å². The summed E-state index contributed by atoms with van der Waals surface area (Å²) >= 11 is 0. The molecule has 1 atom stereocenters. The summed E-state index contributed by atoms with van der Waals surface area (Å²) < 4.78 is 29.3. The molecule has 3 N–H and O–H groups in total. The third-order valence-electron chi connectivity index (χ3n) is 5.02. The third kappa shape index (κ3) is 4.16. The molecule has 1 aliphatic heterocycles. The van der Waals surface area contributed by atoms with Gasteiger partial charge in [-0.15, -0.1) is 0 Å². The molecule has 0 aliphatic carbocycles. The Labute approximate surface area is 178 Å². The molecule has 158 valence electrons. The SMILES string of the molecule is COC(=O)C1=C(N)Oc2cc(O)ccc2[C@H]1c1ccc(OCc2ccc(F)cc2)cc1. The van der Waals surface area contributed by atoms with E-state index in [9.17, 15) is 14.3 Å². The van der Waals surface area contributed by atoms with Crippen molar-refractivity contribution in [3.63, 3.8) is 0 Å². The van der Waals surface area contributed by atoms with E-state index in [1.165, 1.54) is 31.4 Å². The molecule has 4 rings (SSSR count). The van der Waals surface area contributed by atoms with Gasteiger partial charge in [-0.05, 0) is 41.5 Å². The number of phenols is 1. The molecule has 0 aromatic heterocycles. The van der Waals surface area contributed by atoms with Crippen molar-refractivity contribution in [3.8, 4) is 17.2 Å². The molecular weight excluding hydrogens is 401 g/mol. The van der Waals surface area contributed by atoms with Crippen LogP contribution in [0.25, 0.3) is 0 Å². The van der Waals surface area contributed by atoms with Gasteiger partial charge in [-0.3, -0.25) is 0 Å². The van der Waals surface area contributed by atoms with E-state index >= 15 is 0 Å². The smallest absolute Gasteiger partial charge is 0.340 e. The second-order valence-corrected chi connectivity index (χ2v) is 7.01. The number of benzene rings is 3. The second kappa shape index (κ2) is 8.39. The molecule has 0 saturated carbocycles. The maximum atomic E-state index is 13.0. The number of nitrogens with two attached hydrogens (primary N) is 1. The van der Waals surface area contributed by atoms with Gasteiger partial charge in [0.25, 0.3) is 0 Å². The number of halogens is 1. The zero-order valence-corrected chi connectivity index (χ0v) is 16.7. The van der Waals surface area contributed by atoms with Crippen LogP contribution in [0.4, 0.5) is 4.39 Å². The quantitative estimate of drug-likeness (QED) is 0.606. The lowest BCUT2D eigenvalue weighted by Gasteiger charge is -2.28. The zero-order valence-electron chi connectivity index (χ0n) is 16.7. The van der Waals surface area contributed by atoms with E-state index < -0.39 is 11.9 Å². The average molecular weight is 421 g/mol. The van der Waals surface area contributed by atoms with Crippen LogP contribution in [-0.2, 0) is 16.1 Å². The van der Waals surface area contributed by atoms with E-state index in [2.05, 4.69) is 0 Å². The monoisotopic (exact) mass is 421 g/mol. The summed E-state index contributed by atoms with van der Waals surface area (Å²) in [5.41, 5.74) is 8.49. The van der Waals surface area contributed by atoms with Crippen LogP contribution in [0.15, 0.2) is 78.2 Å². The maximum absolute atomic E-state index is 13.0. The lowest BCUT2D eigenvalue weighted by atomic mass is 9.83. The number of aromatic hydroxyl groups is 1. The first-order valence-electron chi connectivity index (χ1n) is 9.52. The highest BCUT2D eigenvalue weighted by molar-refractivity contribution is 5.92. The van der Waals surface area contributed by atoms with Gasteiger partial charge in [-0.25, -0.2) is 9.18 Å². The largest absolute Gasteiger partial charge is 0.508 e. The predicted octanol–water partition coefficient (Wildman–Crippen LogP) is 3.98. The number of carbonyl (C=O) groups excluding carboxylic acids is 1. The Bertz CT molecular complexity index is 1140. The topological polar surface area (TPSA) is 91.0 Å². The van der Waals surface area contributed by atoms with E-state index in [1.807, 2.05) is 12.1 Å². The molecule has 0 amide bonds. The van der Waals surface area contributed by atoms with Gasteiger partial charge in [0.15, 0.2) is 0 Å². The summed E-state index contributed by atoms with van der Waals surface area (Å²) in [5.74, 6) is -0.509. The maximum Gasteiger partial charge on any atom is 0.340 e. The van der Waals surface area contributed by atoms with Crippen LogP contribution in [0, 0.1) is 5.82 Å². The molecule has 0 radical (unpaired) electrons. The van der Waals surface area contributed by atoms with E-state index in [0.717, 1.165) is 11.1 Å². The minimum atomic E-state index is -0.599. The number of phenolic OH excluding ortho intramolecular Hbond substituents is 1. The van der Waals surface area contributed by atoms with Crippen LogP contribution >= 0.6 is 0 Å². The van der Waals surface area contributed by atoms with Gasteiger partial charge in [-0.1, -0.05) is 30.3 Å². The summed E-state index contributed by atoms with van der Waals surface area (Å²) in [6.45, 7) is 0.291. The van der Waals surface area contributed by atoms with Crippen molar-refractivity contribution in [2.24, 2.45) is 5.73 Å². The lowest BCUT2D eigenvalue weighted by molar-refractivity contribution is -0.136. The molecule has 7 heteroatoms. The van der Waals surface area contributed by atoms with Crippen molar-refractivity contribution in [1.82, 2.24) is 0 Å². The summed E-state index contributed by atoms with van der Waals surface area (Å²) in [7, 11) is 1.28. The molecule has 31 heavy (non-hydrogen) atoms. The number of methoxy groups -OCH3 is 1. The van der Waals surface area contributed by atoms with Crippen molar-refractivity contribution in [2.45, 2.75) is 12.5 Å². The molecule has 0 saturated heterocycles. The number of fused-ring (bicyclic) bond motifs is 1. The Hall–Kier alpha value is -4.00. The number of hydrogen-bond donors (Lipinski definition) is 2. The normalized spacial score (nSPS) is 15.1. The molecule has 0 bridgehead atoms. The molecule has 1 heterocycles. The highest BCUT2D eigenvalue weighted by atomic mass is 19.1. The summed E-state index contributed by atoms with van der Waals surface area (Å²) in [6.07, 6.45) is 0. The third-order valence-corrected chi connectivity index (χ3v) is 5.02. The summed E-state index contributed by atoms with van der Waals surface area (Å²) in [4.78, 5) is 12.4. The second-order valence-electron chi connectivity index (χ2n) is 7.01. The Morgan fingerprint density at radius 1 is 1.10 bits per heavy atom. The Morgan fingerprint density at radius 3 is 2.48 bits per heavy atom. The minimum absolute atomic E-state index is 0.0244. The van der Waals surface area contributed by atoms with Crippen LogP contribution in [0.3, 0.4) is 0 Å². The molecule has 3 aromatic rings. The van der Waals surface area contributed by atoms with E-state index in [4.69, 9.17) is 19.9 Å². The highest BCUT2D eigenvalue weighted by Gasteiger charge is 2.35. The average Bonchev–Trinajstić information content (AvgIpc) is 2.77. The van der Waals surface area contributed by atoms with Crippen LogP contribution in [0.5, 0.6) is 17.2 Å². The molecule has 6 nitrogen and oxygen atoms in total. The first kappa shape index (κ1) is 20.3. The highest BCUT2D eigenvalue weighted by Crippen LogP contribution is 2.44. The number of carbonyl (C=O) groups is 1. The Balaban J connectivity index is 1.63. The van der Waals surface area contributed by atoms with E-state index in [0.29, 0.717) is 23.7 Å². The molecule has 1 aliphatic rings. The van der Waals surface area contributed by atoms with E-state index in [-0.39, 0.29) is 23.0 Å².